The first-order chi connectivity index (χ1) is 12.9. The zero-order chi connectivity index (χ0) is 21.2. The lowest BCUT2D eigenvalue weighted by atomic mass is 9.97. The summed E-state index contributed by atoms with van der Waals surface area (Å²) < 4.78 is 28.6. The van der Waals surface area contributed by atoms with E-state index in [4.69, 9.17) is 4.74 Å². The van der Waals surface area contributed by atoms with E-state index in [-0.39, 0.29) is 23.6 Å². The SMILES string of the molecule is C[C@@H]1CCC[C@H](C)N1C(=O)[C@@H](C)OC(=O)c1ccc(S(C)(=O)=O)c([N+](=O)[O-])c1. The molecule has 1 aliphatic heterocycles. The van der Waals surface area contributed by atoms with Gasteiger partial charge in [0.15, 0.2) is 15.9 Å². The molecule has 1 aromatic rings. The molecule has 3 atom stereocenters. The first-order valence-electron chi connectivity index (χ1n) is 8.95. The standard InChI is InChI=1S/C18H24N2O7S/c1-11-6-5-7-12(2)19(11)17(21)13(3)27-18(22)14-8-9-16(28(4,25)26)15(10-14)20(23)24/h8-13H,5-7H2,1-4H3/t11-,12+,13-/m1/s1. The highest BCUT2D eigenvalue weighted by Gasteiger charge is 2.33. The number of nitro benzene ring substituents is 1. The smallest absolute Gasteiger partial charge is 0.339 e. The fourth-order valence-corrected chi connectivity index (χ4v) is 4.27. The van der Waals surface area contributed by atoms with Crippen LogP contribution in [0.2, 0.25) is 0 Å². The summed E-state index contributed by atoms with van der Waals surface area (Å²) in [6.07, 6.45) is 2.54. The van der Waals surface area contributed by atoms with Crippen molar-refractivity contribution >= 4 is 27.4 Å². The van der Waals surface area contributed by atoms with Gasteiger partial charge in [-0.2, -0.15) is 0 Å². The number of piperidine rings is 1. The molecule has 0 spiro atoms. The molecule has 0 saturated carbocycles. The van der Waals surface area contributed by atoms with E-state index in [2.05, 4.69) is 0 Å². The lowest BCUT2D eigenvalue weighted by Crippen LogP contribution is -2.51. The molecule has 154 valence electrons. The van der Waals surface area contributed by atoms with E-state index in [1.807, 2.05) is 13.8 Å². The Morgan fingerprint density at radius 1 is 1.25 bits per heavy atom. The Balaban J connectivity index is 2.21. The molecule has 1 aromatic carbocycles. The predicted molar refractivity (Wildman–Crippen MR) is 101 cm³/mol. The first kappa shape index (κ1) is 21.8. The van der Waals surface area contributed by atoms with Crippen molar-refractivity contribution < 1.29 is 27.7 Å². The maximum Gasteiger partial charge on any atom is 0.339 e. The predicted octanol–water partition coefficient (Wildman–Crippen LogP) is 2.33. The fourth-order valence-electron chi connectivity index (χ4n) is 3.45. The highest BCUT2D eigenvalue weighted by atomic mass is 32.2. The second-order valence-corrected chi connectivity index (χ2v) is 9.12. The minimum absolute atomic E-state index is 0.0348. The summed E-state index contributed by atoms with van der Waals surface area (Å²) in [5, 5.41) is 11.2. The Hall–Kier alpha value is -2.49. The molecule has 0 aliphatic carbocycles. The van der Waals surface area contributed by atoms with Crippen LogP contribution in [0.1, 0.15) is 50.4 Å². The fraction of sp³-hybridized carbons (Fsp3) is 0.556. The molecule has 28 heavy (non-hydrogen) atoms. The Labute approximate surface area is 163 Å². The van der Waals surface area contributed by atoms with Crippen molar-refractivity contribution in [3.8, 4) is 0 Å². The molecular formula is C18H24N2O7S. The van der Waals surface area contributed by atoms with Gasteiger partial charge in [-0.3, -0.25) is 14.9 Å². The van der Waals surface area contributed by atoms with Crippen LogP contribution in [0.3, 0.4) is 0 Å². The molecule has 0 unspecified atom stereocenters. The van der Waals surface area contributed by atoms with Crippen LogP contribution in [0.15, 0.2) is 23.1 Å². The molecule has 1 aliphatic rings. The van der Waals surface area contributed by atoms with Crippen molar-refractivity contribution in [2.75, 3.05) is 6.26 Å². The normalized spacial score (nSPS) is 21.1. The van der Waals surface area contributed by atoms with E-state index in [0.29, 0.717) is 0 Å². The molecule has 1 heterocycles. The summed E-state index contributed by atoms with van der Waals surface area (Å²) in [4.78, 5) is 36.6. The van der Waals surface area contributed by atoms with Crippen molar-refractivity contribution in [1.29, 1.82) is 0 Å². The van der Waals surface area contributed by atoms with Gasteiger partial charge in [-0.1, -0.05) is 0 Å². The van der Waals surface area contributed by atoms with Gasteiger partial charge < -0.3 is 9.64 Å². The molecular weight excluding hydrogens is 388 g/mol. The minimum atomic E-state index is -3.84. The van der Waals surface area contributed by atoms with E-state index < -0.39 is 37.4 Å². The largest absolute Gasteiger partial charge is 0.449 e. The van der Waals surface area contributed by atoms with Gasteiger partial charge in [-0.15, -0.1) is 0 Å². The second-order valence-electron chi connectivity index (χ2n) is 7.13. The molecule has 1 amide bonds. The van der Waals surface area contributed by atoms with Crippen LogP contribution in [-0.2, 0) is 19.4 Å². The summed E-state index contributed by atoms with van der Waals surface area (Å²) in [5.74, 6) is -1.25. The highest BCUT2D eigenvalue weighted by molar-refractivity contribution is 7.90. The van der Waals surface area contributed by atoms with Crippen molar-refractivity contribution in [2.45, 2.75) is 63.1 Å². The summed E-state index contributed by atoms with van der Waals surface area (Å²) in [6, 6.07) is 3.04. The third-order valence-electron chi connectivity index (χ3n) is 4.87. The summed E-state index contributed by atoms with van der Waals surface area (Å²) >= 11 is 0. The highest BCUT2D eigenvalue weighted by Crippen LogP contribution is 2.26. The molecule has 0 aromatic heterocycles. The van der Waals surface area contributed by atoms with Gasteiger partial charge in [-0.05, 0) is 52.2 Å². The number of nitro groups is 1. The number of likely N-dealkylation sites (tertiary alicyclic amines) is 1. The Bertz CT molecular complexity index is 887. The van der Waals surface area contributed by atoms with Crippen LogP contribution < -0.4 is 0 Å². The molecule has 10 heteroatoms. The second kappa shape index (κ2) is 8.26. The molecule has 0 N–H and O–H groups in total. The number of amides is 1. The lowest BCUT2D eigenvalue weighted by molar-refractivity contribution is -0.387. The van der Waals surface area contributed by atoms with Crippen LogP contribution in [0.25, 0.3) is 0 Å². The molecule has 0 radical (unpaired) electrons. The van der Waals surface area contributed by atoms with E-state index in [9.17, 15) is 28.1 Å². The quantitative estimate of drug-likeness (QED) is 0.413. The molecule has 1 saturated heterocycles. The van der Waals surface area contributed by atoms with Gasteiger partial charge in [0.25, 0.3) is 11.6 Å². The van der Waals surface area contributed by atoms with Gasteiger partial charge in [0.2, 0.25) is 0 Å². The van der Waals surface area contributed by atoms with E-state index >= 15 is 0 Å². The van der Waals surface area contributed by atoms with Crippen molar-refractivity contribution in [3.05, 3.63) is 33.9 Å². The molecule has 9 nitrogen and oxygen atoms in total. The zero-order valence-corrected chi connectivity index (χ0v) is 17.1. The molecule has 0 bridgehead atoms. The van der Waals surface area contributed by atoms with E-state index in [1.54, 1.807) is 4.90 Å². The van der Waals surface area contributed by atoms with Crippen LogP contribution in [-0.4, -0.2) is 54.6 Å². The van der Waals surface area contributed by atoms with Gasteiger partial charge in [0.1, 0.15) is 4.90 Å². The number of esters is 1. The van der Waals surface area contributed by atoms with E-state index in [0.717, 1.165) is 43.7 Å². The number of rotatable bonds is 5. The van der Waals surface area contributed by atoms with Gasteiger partial charge in [0.05, 0.1) is 10.5 Å². The van der Waals surface area contributed by atoms with Crippen LogP contribution >= 0.6 is 0 Å². The summed E-state index contributed by atoms with van der Waals surface area (Å²) in [6.45, 7) is 5.33. The van der Waals surface area contributed by atoms with Gasteiger partial charge in [0, 0.05) is 24.4 Å². The number of carbonyl (C=O) groups is 2. The number of hydrogen-bond donors (Lipinski definition) is 0. The molecule has 2 rings (SSSR count). The van der Waals surface area contributed by atoms with Gasteiger partial charge >= 0.3 is 5.97 Å². The average Bonchev–Trinajstić information content (AvgIpc) is 2.59. The lowest BCUT2D eigenvalue weighted by Gasteiger charge is -2.40. The monoisotopic (exact) mass is 412 g/mol. The third kappa shape index (κ3) is 4.67. The minimum Gasteiger partial charge on any atom is -0.449 e. The number of ether oxygens (including phenoxy) is 1. The topological polar surface area (TPSA) is 124 Å². The molecule has 1 fully saturated rings. The summed E-state index contributed by atoms with van der Waals surface area (Å²) in [5.41, 5.74) is -0.910. The number of sulfone groups is 1. The summed E-state index contributed by atoms with van der Waals surface area (Å²) in [7, 11) is -3.84. The van der Waals surface area contributed by atoms with Crippen molar-refractivity contribution in [1.82, 2.24) is 4.90 Å². The zero-order valence-electron chi connectivity index (χ0n) is 16.2. The number of carbonyl (C=O) groups excluding carboxylic acids is 2. The Morgan fingerprint density at radius 3 is 2.32 bits per heavy atom. The van der Waals surface area contributed by atoms with Crippen molar-refractivity contribution in [2.24, 2.45) is 0 Å². The van der Waals surface area contributed by atoms with Crippen LogP contribution in [0.4, 0.5) is 5.69 Å². The van der Waals surface area contributed by atoms with Crippen molar-refractivity contribution in [3.63, 3.8) is 0 Å². The Morgan fingerprint density at radius 2 is 1.82 bits per heavy atom. The van der Waals surface area contributed by atoms with Crippen LogP contribution in [0, 0.1) is 10.1 Å². The maximum absolute atomic E-state index is 12.7. The first-order valence-corrected chi connectivity index (χ1v) is 10.8. The Kier molecular flexibility index (Phi) is 6.43. The number of nitrogens with zero attached hydrogens (tertiary/aromatic N) is 2. The van der Waals surface area contributed by atoms with Crippen LogP contribution in [0.5, 0.6) is 0 Å². The average molecular weight is 412 g/mol. The third-order valence-corrected chi connectivity index (χ3v) is 6.01. The maximum atomic E-state index is 12.7. The number of hydrogen-bond acceptors (Lipinski definition) is 7. The van der Waals surface area contributed by atoms with E-state index in [1.165, 1.54) is 6.92 Å². The number of benzene rings is 1. The van der Waals surface area contributed by atoms with Gasteiger partial charge in [-0.25, -0.2) is 13.2 Å².